The number of rotatable bonds is 9. The molecule has 2 rings (SSSR count). The molecule has 0 unspecified atom stereocenters. The summed E-state index contributed by atoms with van der Waals surface area (Å²) < 4.78 is 28.5. The Morgan fingerprint density at radius 1 is 1.06 bits per heavy atom. The fraction of sp³-hybridized carbons (Fsp3) is 0.667. The average Bonchev–Trinajstić information content (AvgIpc) is 2.72. The van der Waals surface area contributed by atoms with Gasteiger partial charge in [0.2, 0.25) is 0 Å². The van der Waals surface area contributed by atoms with Gasteiger partial charge in [-0.2, -0.15) is 0 Å². The van der Waals surface area contributed by atoms with Gasteiger partial charge in [-0.05, 0) is 23.7 Å². The Bertz CT molecular complexity index is 808. The van der Waals surface area contributed by atoms with Crippen LogP contribution in [0.4, 0.5) is 0 Å². The van der Waals surface area contributed by atoms with Crippen molar-refractivity contribution >= 4 is 20.3 Å². The van der Waals surface area contributed by atoms with Crippen LogP contribution in [0.5, 0.6) is 0 Å². The van der Waals surface area contributed by atoms with Crippen LogP contribution in [0.25, 0.3) is 0 Å². The molecule has 9 nitrogen and oxygen atoms in total. The van der Waals surface area contributed by atoms with E-state index in [0.29, 0.717) is 0 Å². The maximum Gasteiger partial charge on any atom is 0.303 e. The van der Waals surface area contributed by atoms with Gasteiger partial charge in [-0.15, -0.1) is 0 Å². The van der Waals surface area contributed by atoms with Crippen molar-refractivity contribution in [3.63, 3.8) is 0 Å². The second-order valence-electron chi connectivity index (χ2n) is 10.0. The topological polar surface area (TPSA) is 121 Å². The summed E-state index contributed by atoms with van der Waals surface area (Å²) in [5, 5.41) is 22.0. The SMILES string of the molecule is CC(=O)OC[C@H](OC(C)=O)[C@H]1O[C@@H](O)[C@@H](OCc2ccccc2)[C@@H](O[Si](C)(C)C(C)(C)C)[C@@H]1O. The van der Waals surface area contributed by atoms with Gasteiger partial charge in [0.25, 0.3) is 0 Å². The Kier molecular flexibility index (Phi) is 9.81. The highest BCUT2D eigenvalue weighted by atomic mass is 28.4. The first kappa shape index (κ1) is 28.4. The molecule has 1 aromatic carbocycles. The van der Waals surface area contributed by atoms with Gasteiger partial charge in [-0.25, -0.2) is 0 Å². The molecular weight excluding hydrogens is 460 g/mol. The zero-order valence-corrected chi connectivity index (χ0v) is 22.0. The zero-order chi connectivity index (χ0) is 25.7. The molecule has 0 saturated carbocycles. The number of carbonyl (C=O) groups is 2. The number of benzene rings is 1. The molecule has 6 atom stereocenters. The molecule has 0 amide bonds. The lowest BCUT2D eigenvalue weighted by Crippen LogP contribution is -2.65. The van der Waals surface area contributed by atoms with Crippen molar-refractivity contribution in [3.8, 4) is 0 Å². The summed E-state index contributed by atoms with van der Waals surface area (Å²) in [5.74, 6) is -1.23. The Morgan fingerprint density at radius 3 is 2.21 bits per heavy atom. The number of aliphatic hydroxyl groups is 2. The fourth-order valence-corrected chi connectivity index (χ4v) is 4.68. The molecule has 34 heavy (non-hydrogen) atoms. The lowest BCUT2D eigenvalue weighted by molar-refractivity contribution is -0.307. The first-order valence-electron chi connectivity index (χ1n) is 11.4. The Hall–Kier alpha value is -1.82. The van der Waals surface area contributed by atoms with E-state index in [1.165, 1.54) is 13.8 Å². The van der Waals surface area contributed by atoms with E-state index in [1.54, 1.807) is 0 Å². The van der Waals surface area contributed by atoms with Crippen LogP contribution in [0, 0.1) is 0 Å². The van der Waals surface area contributed by atoms with E-state index < -0.39 is 57.1 Å². The third-order valence-corrected chi connectivity index (χ3v) is 10.7. The predicted molar refractivity (Wildman–Crippen MR) is 126 cm³/mol. The van der Waals surface area contributed by atoms with Gasteiger partial charge >= 0.3 is 11.9 Å². The lowest BCUT2D eigenvalue weighted by atomic mass is 9.95. The van der Waals surface area contributed by atoms with Crippen LogP contribution in [0.1, 0.15) is 40.2 Å². The summed E-state index contributed by atoms with van der Waals surface area (Å²) in [4.78, 5) is 23.0. The van der Waals surface area contributed by atoms with E-state index in [-0.39, 0.29) is 18.3 Å². The second kappa shape index (κ2) is 11.7. The van der Waals surface area contributed by atoms with Crippen molar-refractivity contribution in [1.29, 1.82) is 0 Å². The van der Waals surface area contributed by atoms with Crippen LogP contribution < -0.4 is 0 Å². The van der Waals surface area contributed by atoms with Crippen LogP contribution in [-0.2, 0) is 39.6 Å². The standard InChI is InChI=1S/C24H38O9Si/c1-15(25)29-14-18(31-16(2)26)20-19(27)21(33-34(6,7)24(3,4)5)22(23(28)32-20)30-13-17-11-9-8-10-12-17/h8-12,18-23,27-28H,13-14H2,1-7H3/t18-,19+,20+,21-,22-,23+/m0/s1. The number of esters is 2. The maximum atomic E-state index is 11.7. The molecule has 2 N–H and O–H groups in total. The normalized spacial score (nSPS) is 26.6. The van der Waals surface area contributed by atoms with Crippen molar-refractivity contribution < 1.29 is 43.2 Å². The molecule has 192 valence electrons. The molecule has 1 aromatic rings. The van der Waals surface area contributed by atoms with Gasteiger partial charge in [0.1, 0.15) is 31.0 Å². The summed E-state index contributed by atoms with van der Waals surface area (Å²) >= 11 is 0. The van der Waals surface area contributed by atoms with Gasteiger partial charge in [-0.3, -0.25) is 9.59 Å². The molecule has 1 fully saturated rings. The molecule has 0 spiro atoms. The Labute approximate surface area is 202 Å². The van der Waals surface area contributed by atoms with E-state index in [9.17, 15) is 19.8 Å². The largest absolute Gasteiger partial charge is 0.462 e. The minimum Gasteiger partial charge on any atom is -0.462 e. The number of carbonyl (C=O) groups excluding carboxylic acids is 2. The monoisotopic (exact) mass is 498 g/mol. The summed E-state index contributed by atoms with van der Waals surface area (Å²) in [6.07, 6.45) is -7.15. The van der Waals surface area contributed by atoms with Crippen LogP contribution in [0.3, 0.4) is 0 Å². The first-order valence-corrected chi connectivity index (χ1v) is 14.3. The minimum atomic E-state index is -2.45. The highest BCUT2D eigenvalue weighted by Gasteiger charge is 2.53. The second-order valence-corrected chi connectivity index (χ2v) is 14.8. The number of hydrogen-bond donors (Lipinski definition) is 2. The highest BCUT2D eigenvalue weighted by molar-refractivity contribution is 6.74. The fourth-order valence-electron chi connectivity index (χ4n) is 3.38. The molecule has 10 heteroatoms. The smallest absolute Gasteiger partial charge is 0.303 e. The van der Waals surface area contributed by atoms with Crippen LogP contribution in [-0.4, -0.2) is 73.9 Å². The number of hydrogen-bond acceptors (Lipinski definition) is 9. The third-order valence-electron chi connectivity index (χ3n) is 6.23. The van der Waals surface area contributed by atoms with E-state index in [1.807, 2.05) is 43.4 Å². The van der Waals surface area contributed by atoms with E-state index in [0.717, 1.165) is 5.56 Å². The summed E-state index contributed by atoms with van der Waals surface area (Å²) in [5.41, 5.74) is 0.880. The van der Waals surface area contributed by atoms with Crippen molar-refractivity contribution in [3.05, 3.63) is 35.9 Å². The molecule has 0 aliphatic carbocycles. The van der Waals surface area contributed by atoms with Crippen LogP contribution in [0.15, 0.2) is 30.3 Å². The molecule has 1 aliphatic rings. The van der Waals surface area contributed by atoms with Gasteiger partial charge in [0.05, 0.1) is 6.61 Å². The van der Waals surface area contributed by atoms with Crippen LogP contribution >= 0.6 is 0 Å². The predicted octanol–water partition coefficient (Wildman–Crippen LogP) is 2.54. The van der Waals surface area contributed by atoms with Gasteiger partial charge in [0.15, 0.2) is 20.7 Å². The van der Waals surface area contributed by atoms with Crippen molar-refractivity contribution in [2.24, 2.45) is 0 Å². The first-order chi connectivity index (χ1) is 15.7. The molecular formula is C24H38O9Si. The quantitative estimate of drug-likeness (QED) is 0.391. The molecule has 0 bridgehead atoms. The average molecular weight is 499 g/mol. The lowest BCUT2D eigenvalue weighted by Gasteiger charge is -2.48. The van der Waals surface area contributed by atoms with Crippen molar-refractivity contribution in [1.82, 2.24) is 0 Å². The third kappa shape index (κ3) is 7.59. The van der Waals surface area contributed by atoms with Crippen molar-refractivity contribution in [2.75, 3.05) is 6.61 Å². The van der Waals surface area contributed by atoms with Gasteiger partial charge in [-0.1, -0.05) is 51.1 Å². The Morgan fingerprint density at radius 2 is 1.68 bits per heavy atom. The summed E-state index contributed by atoms with van der Waals surface area (Å²) in [7, 11) is -2.45. The highest BCUT2D eigenvalue weighted by Crippen LogP contribution is 2.40. The van der Waals surface area contributed by atoms with Gasteiger partial charge in [0, 0.05) is 13.8 Å². The number of aliphatic hydroxyl groups excluding tert-OH is 2. The molecule has 1 saturated heterocycles. The summed E-state index contributed by atoms with van der Waals surface area (Å²) in [6, 6.07) is 9.40. The molecule has 0 aromatic heterocycles. The van der Waals surface area contributed by atoms with E-state index >= 15 is 0 Å². The van der Waals surface area contributed by atoms with Gasteiger partial charge < -0.3 is 33.6 Å². The van der Waals surface area contributed by atoms with Crippen LogP contribution in [0.2, 0.25) is 18.1 Å². The zero-order valence-electron chi connectivity index (χ0n) is 21.0. The molecule has 1 aliphatic heterocycles. The minimum absolute atomic E-state index is 0.168. The summed E-state index contributed by atoms with van der Waals surface area (Å²) in [6.45, 7) is 12.5. The van der Waals surface area contributed by atoms with Crippen molar-refractivity contribution in [2.45, 2.75) is 96.2 Å². The maximum absolute atomic E-state index is 11.7. The molecule has 0 radical (unpaired) electrons. The van der Waals surface area contributed by atoms with E-state index in [2.05, 4.69) is 20.8 Å². The number of ether oxygens (including phenoxy) is 4. The Balaban J connectivity index is 2.34. The molecule has 1 heterocycles. The van der Waals surface area contributed by atoms with E-state index in [4.69, 9.17) is 23.4 Å².